The minimum absolute atomic E-state index is 0.551. The lowest BCUT2D eigenvalue weighted by Crippen LogP contribution is -2.09. The number of aromatic nitrogens is 2. The number of amides is 1. The second-order valence-electron chi connectivity index (χ2n) is 3.98. The van der Waals surface area contributed by atoms with Crippen molar-refractivity contribution in [2.75, 3.05) is 5.32 Å². The smallest absolute Gasteiger partial charge is 0.409 e. The first-order valence-electron chi connectivity index (χ1n) is 5.46. The summed E-state index contributed by atoms with van der Waals surface area (Å²) in [6.45, 7) is 3.80. The molecule has 5 nitrogen and oxygen atoms in total. The zero-order valence-electron chi connectivity index (χ0n) is 10.1. The number of rotatable bonds is 2. The van der Waals surface area contributed by atoms with Crippen LogP contribution in [0.25, 0.3) is 11.4 Å². The van der Waals surface area contributed by atoms with Crippen molar-refractivity contribution in [3.05, 3.63) is 41.7 Å². The fourth-order valence-corrected chi connectivity index (χ4v) is 1.78. The van der Waals surface area contributed by atoms with Crippen LogP contribution >= 0.6 is 0 Å². The van der Waals surface area contributed by atoms with Crippen LogP contribution in [-0.4, -0.2) is 21.2 Å². The van der Waals surface area contributed by atoms with Gasteiger partial charge in [-0.15, -0.1) is 0 Å². The molecular weight excluding hydrogens is 230 g/mol. The highest BCUT2D eigenvalue weighted by Gasteiger charge is 2.10. The average molecular weight is 243 g/mol. The molecule has 0 saturated carbocycles. The Labute approximate surface area is 105 Å². The van der Waals surface area contributed by atoms with E-state index in [9.17, 15) is 4.79 Å². The molecule has 0 unspecified atom stereocenters. The van der Waals surface area contributed by atoms with Gasteiger partial charge in [0, 0.05) is 23.6 Å². The lowest BCUT2D eigenvalue weighted by atomic mass is 10.0. The summed E-state index contributed by atoms with van der Waals surface area (Å²) in [4.78, 5) is 19.1. The topological polar surface area (TPSA) is 75.1 Å². The SMILES string of the molecule is Cc1cc(C)c(-c2ncccn2)cc1NC(=O)O. The van der Waals surface area contributed by atoms with E-state index in [1.54, 1.807) is 24.5 Å². The molecule has 1 aromatic heterocycles. The van der Waals surface area contributed by atoms with Crippen LogP contribution in [0.5, 0.6) is 0 Å². The Hall–Kier alpha value is -2.43. The average Bonchev–Trinajstić information content (AvgIpc) is 2.33. The second kappa shape index (κ2) is 4.83. The fourth-order valence-electron chi connectivity index (χ4n) is 1.78. The molecule has 0 aliphatic heterocycles. The third kappa shape index (κ3) is 2.45. The number of anilines is 1. The van der Waals surface area contributed by atoms with Crippen molar-refractivity contribution in [3.63, 3.8) is 0 Å². The summed E-state index contributed by atoms with van der Waals surface area (Å²) in [5.41, 5.74) is 3.25. The summed E-state index contributed by atoms with van der Waals surface area (Å²) >= 11 is 0. The first kappa shape index (κ1) is 12.0. The fraction of sp³-hybridized carbons (Fsp3) is 0.154. The van der Waals surface area contributed by atoms with Gasteiger partial charge in [-0.05, 0) is 37.1 Å². The van der Waals surface area contributed by atoms with Gasteiger partial charge in [-0.1, -0.05) is 6.07 Å². The largest absolute Gasteiger partial charge is 0.465 e. The van der Waals surface area contributed by atoms with E-state index < -0.39 is 6.09 Å². The Morgan fingerprint density at radius 2 is 1.83 bits per heavy atom. The van der Waals surface area contributed by atoms with Gasteiger partial charge in [-0.25, -0.2) is 14.8 Å². The van der Waals surface area contributed by atoms with Gasteiger partial charge in [-0.2, -0.15) is 0 Å². The van der Waals surface area contributed by atoms with E-state index in [-0.39, 0.29) is 0 Å². The van der Waals surface area contributed by atoms with E-state index in [4.69, 9.17) is 5.11 Å². The Kier molecular flexibility index (Phi) is 3.23. The number of hydrogen-bond acceptors (Lipinski definition) is 3. The predicted octanol–water partition coefficient (Wildman–Crippen LogP) is 2.85. The molecule has 0 atom stereocenters. The summed E-state index contributed by atoms with van der Waals surface area (Å²) in [7, 11) is 0. The molecule has 18 heavy (non-hydrogen) atoms. The van der Waals surface area contributed by atoms with Gasteiger partial charge in [0.05, 0.1) is 0 Å². The first-order valence-corrected chi connectivity index (χ1v) is 5.46. The Morgan fingerprint density at radius 1 is 1.17 bits per heavy atom. The number of nitrogens with one attached hydrogen (secondary N) is 1. The summed E-state index contributed by atoms with van der Waals surface area (Å²) in [6, 6.07) is 5.41. The Morgan fingerprint density at radius 3 is 2.44 bits per heavy atom. The van der Waals surface area contributed by atoms with Crippen LogP contribution in [0.2, 0.25) is 0 Å². The highest BCUT2D eigenvalue weighted by molar-refractivity contribution is 5.85. The van der Waals surface area contributed by atoms with E-state index in [1.165, 1.54) is 0 Å². The van der Waals surface area contributed by atoms with Crippen molar-refractivity contribution in [1.82, 2.24) is 9.97 Å². The number of aryl methyl sites for hydroxylation is 2. The minimum Gasteiger partial charge on any atom is -0.465 e. The third-order valence-electron chi connectivity index (χ3n) is 2.62. The van der Waals surface area contributed by atoms with Gasteiger partial charge in [-0.3, -0.25) is 5.32 Å². The standard InChI is InChI=1S/C13H13N3O2/c1-8-6-9(2)11(16-13(17)18)7-10(8)12-14-4-3-5-15-12/h3-7,16H,1-2H3,(H,17,18). The highest BCUT2D eigenvalue weighted by Crippen LogP contribution is 2.26. The van der Waals surface area contributed by atoms with Crippen molar-refractivity contribution >= 4 is 11.8 Å². The maximum Gasteiger partial charge on any atom is 0.409 e. The molecule has 2 rings (SSSR count). The van der Waals surface area contributed by atoms with Gasteiger partial charge in [0.25, 0.3) is 0 Å². The molecule has 0 spiro atoms. The lowest BCUT2D eigenvalue weighted by Gasteiger charge is -2.10. The zero-order chi connectivity index (χ0) is 13.1. The highest BCUT2D eigenvalue weighted by atomic mass is 16.4. The lowest BCUT2D eigenvalue weighted by molar-refractivity contribution is 0.209. The Bertz CT molecular complexity index is 582. The number of nitrogens with zero attached hydrogens (tertiary/aromatic N) is 2. The van der Waals surface area contributed by atoms with Gasteiger partial charge in [0.15, 0.2) is 5.82 Å². The molecule has 1 heterocycles. The van der Waals surface area contributed by atoms with Crippen LogP contribution < -0.4 is 5.32 Å². The molecule has 92 valence electrons. The molecule has 0 radical (unpaired) electrons. The number of hydrogen-bond donors (Lipinski definition) is 2. The molecular formula is C13H13N3O2. The van der Waals surface area contributed by atoms with Gasteiger partial charge < -0.3 is 5.11 Å². The quantitative estimate of drug-likeness (QED) is 0.850. The van der Waals surface area contributed by atoms with Crippen LogP contribution in [0, 0.1) is 13.8 Å². The van der Waals surface area contributed by atoms with Crippen molar-refractivity contribution in [1.29, 1.82) is 0 Å². The predicted molar refractivity (Wildman–Crippen MR) is 68.6 cm³/mol. The normalized spacial score (nSPS) is 10.1. The van der Waals surface area contributed by atoms with Gasteiger partial charge >= 0.3 is 6.09 Å². The van der Waals surface area contributed by atoms with Crippen LogP contribution in [0.15, 0.2) is 30.6 Å². The molecule has 0 fully saturated rings. The third-order valence-corrected chi connectivity index (χ3v) is 2.62. The van der Waals surface area contributed by atoms with Crippen LogP contribution in [-0.2, 0) is 0 Å². The van der Waals surface area contributed by atoms with E-state index in [1.807, 2.05) is 19.9 Å². The van der Waals surface area contributed by atoms with Crippen molar-refractivity contribution in [3.8, 4) is 11.4 Å². The summed E-state index contributed by atoms with van der Waals surface area (Å²) in [5.74, 6) is 0.587. The summed E-state index contributed by atoms with van der Waals surface area (Å²) < 4.78 is 0. The summed E-state index contributed by atoms with van der Waals surface area (Å²) in [6.07, 6.45) is 2.24. The van der Waals surface area contributed by atoms with E-state index >= 15 is 0 Å². The van der Waals surface area contributed by atoms with Crippen molar-refractivity contribution in [2.24, 2.45) is 0 Å². The van der Waals surface area contributed by atoms with E-state index in [2.05, 4.69) is 15.3 Å². The monoisotopic (exact) mass is 243 g/mol. The molecule has 1 amide bonds. The van der Waals surface area contributed by atoms with Crippen molar-refractivity contribution < 1.29 is 9.90 Å². The second-order valence-corrected chi connectivity index (χ2v) is 3.98. The molecule has 2 N–H and O–H groups in total. The zero-order valence-corrected chi connectivity index (χ0v) is 10.1. The molecule has 0 aliphatic carbocycles. The molecule has 1 aromatic carbocycles. The molecule has 0 aliphatic rings. The maximum absolute atomic E-state index is 10.7. The van der Waals surface area contributed by atoms with Gasteiger partial charge in [0.1, 0.15) is 0 Å². The summed E-state index contributed by atoms with van der Waals surface area (Å²) in [5, 5.41) is 11.2. The van der Waals surface area contributed by atoms with Crippen LogP contribution in [0.4, 0.5) is 10.5 Å². The number of carboxylic acid groups (broad SMARTS) is 1. The van der Waals surface area contributed by atoms with E-state index in [0.29, 0.717) is 11.5 Å². The van der Waals surface area contributed by atoms with Gasteiger partial charge in [0.2, 0.25) is 0 Å². The maximum atomic E-state index is 10.7. The minimum atomic E-state index is -1.08. The Balaban J connectivity index is 2.51. The first-order chi connectivity index (χ1) is 8.58. The van der Waals surface area contributed by atoms with Crippen LogP contribution in [0.3, 0.4) is 0 Å². The number of benzene rings is 1. The molecule has 0 bridgehead atoms. The van der Waals surface area contributed by atoms with E-state index in [0.717, 1.165) is 16.7 Å². The van der Waals surface area contributed by atoms with Crippen molar-refractivity contribution in [2.45, 2.75) is 13.8 Å². The molecule has 5 heteroatoms. The van der Waals surface area contributed by atoms with Crippen LogP contribution in [0.1, 0.15) is 11.1 Å². The molecule has 0 saturated heterocycles. The number of carbonyl (C=O) groups is 1. The molecule has 2 aromatic rings.